The fourth-order valence-electron chi connectivity index (χ4n) is 2.54. The van der Waals surface area contributed by atoms with Gasteiger partial charge in [0.25, 0.3) is 0 Å². The SMILES string of the molecule is CNC(NCC1CN(Cc2ccccc2)CCO1)=C(C#N)C#N. The van der Waals surface area contributed by atoms with E-state index in [9.17, 15) is 0 Å². The molecule has 2 rings (SSSR count). The van der Waals surface area contributed by atoms with Crippen LogP contribution < -0.4 is 10.6 Å². The van der Waals surface area contributed by atoms with Gasteiger partial charge in [-0.1, -0.05) is 30.3 Å². The molecule has 6 heteroatoms. The Morgan fingerprint density at radius 3 is 2.70 bits per heavy atom. The average Bonchev–Trinajstić information content (AvgIpc) is 2.60. The van der Waals surface area contributed by atoms with Crippen molar-refractivity contribution in [3.63, 3.8) is 0 Å². The van der Waals surface area contributed by atoms with E-state index in [2.05, 4.69) is 27.7 Å². The number of nitriles is 2. The normalized spacial score (nSPS) is 17.6. The molecule has 0 aliphatic carbocycles. The summed E-state index contributed by atoms with van der Waals surface area (Å²) in [5, 5.41) is 23.8. The first-order chi connectivity index (χ1) is 11.3. The molecule has 0 amide bonds. The van der Waals surface area contributed by atoms with Gasteiger partial charge in [0, 0.05) is 33.2 Å². The second-order valence-corrected chi connectivity index (χ2v) is 5.32. The number of hydrogen-bond acceptors (Lipinski definition) is 6. The molecule has 1 aromatic rings. The number of hydrogen-bond donors (Lipinski definition) is 2. The second kappa shape index (κ2) is 8.79. The van der Waals surface area contributed by atoms with E-state index in [0.717, 1.165) is 19.6 Å². The first kappa shape index (κ1) is 16.8. The monoisotopic (exact) mass is 311 g/mol. The third-order valence-electron chi connectivity index (χ3n) is 3.70. The van der Waals surface area contributed by atoms with Gasteiger partial charge < -0.3 is 15.4 Å². The van der Waals surface area contributed by atoms with Crippen LogP contribution >= 0.6 is 0 Å². The predicted octanol–water partition coefficient (Wildman–Crippen LogP) is 0.955. The standard InChI is InChI=1S/C17H21N5O/c1-20-17(15(9-18)10-19)21-11-16-13-22(7-8-23-16)12-14-5-3-2-4-6-14/h2-6,16,20-21H,7-8,11-13H2,1H3. The molecular formula is C17H21N5O. The summed E-state index contributed by atoms with van der Waals surface area (Å²) in [7, 11) is 1.68. The molecule has 0 spiro atoms. The fraction of sp³-hybridized carbons (Fsp3) is 0.412. The van der Waals surface area contributed by atoms with Gasteiger partial charge >= 0.3 is 0 Å². The van der Waals surface area contributed by atoms with Crippen LogP contribution in [-0.2, 0) is 11.3 Å². The third-order valence-corrected chi connectivity index (χ3v) is 3.70. The number of benzene rings is 1. The zero-order valence-corrected chi connectivity index (χ0v) is 13.2. The van der Waals surface area contributed by atoms with Crippen LogP contribution in [0.5, 0.6) is 0 Å². The third kappa shape index (κ3) is 5.00. The highest BCUT2D eigenvalue weighted by Gasteiger charge is 2.20. The van der Waals surface area contributed by atoms with E-state index in [1.807, 2.05) is 30.3 Å². The van der Waals surface area contributed by atoms with E-state index in [0.29, 0.717) is 19.0 Å². The molecule has 2 N–H and O–H groups in total. The Balaban J connectivity index is 1.88. The molecule has 120 valence electrons. The molecule has 1 fully saturated rings. The molecule has 1 heterocycles. The van der Waals surface area contributed by atoms with E-state index >= 15 is 0 Å². The van der Waals surface area contributed by atoms with Crippen LogP contribution in [0, 0.1) is 22.7 Å². The van der Waals surface area contributed by atoms with E-state index in [1.165, 1.54) is 5.56 Å². The van der Waals surface area contributed by atoms with Gasteiger partial charge in [0.05, 0.1) is 12.7 Å². The number of morpholine rings is 1. The molecule has 1 atom stereocenters. The molecule has 1 aliphatic rings. The van der Waals surface area contributed by atoms with Crippen LogP contribution in [0.3, 0.4) is 0 Å². The van der Waals surface area contributed by atoms with E-state index in [1.54, 1.807) is 7.05 Å². The van der Waals surface area contributed by atoms with Gasteiger partial charge in [-0.3, -0.25) is 4.90 Å². The summed E-state index contributed by atoms with van der Waals surface area (Å²) in [5.41, 5.74) is 1.33. The van der Waals surface area contributed by atoms with Crippen molar-refractivity contribution in [3.8, 4) is 12.1 Å². The summed E-state index contributed by atoms with van der Waals surface area (Å²) in [6.07, 6.45) is 0.0226. The first-order valence-electron chi connectivity index (χ1n) is 7.60. The Bertz CT molecular complexity index is 598. The van der Waals surface area contributed by atoms with Crippen molar-refractivity contribution in [2.24, 2.45) is 0 Å². The molecule has 0 bridgehead atoms. The molecule has 0 saturated carbocycles. The zero-order chi connectivity index (χ0) is 16.5. The Morgan fingerprint density at radius 1 is 1.30 bits per heavy atom. The Kier molecular flexibility index (Phi) is 6.43. The summed E-state index contributed by atoms with van der Waals surface area (Å²) < 4.78 is 5.77. The maximum absolute atomic E-state index is 8.92. The minimum absolute atomic E-state index is 0.0226. The number of allylic oxidation sites excluding steroid dienone is 1. The molecule has 6 nitrogen and oxygen atoms in total. The number of nitrogens with one attached hydrogen (secondary N) is 2. The summed E-state index contributed by atoms with van der Waals surface area (Å²) in [5.74, 6) is 0.443. The molecular weight excluding hydrogens is 290 g/mol. The van der Waals surface area contributed by atoms with E-state index < -0.39 is 0 Å². The van der Waals surface area contributed by atoms with E-state index in [4.69, 9.17) is 15.3 Å². The molecule has 1 unspecified atom stereocenters. The van der Waals surface area contributed by atoms with Crippen LogP contribution in [0.2, 0.25) is 0 Å². The first-order valence-corrected chi connectivity index (χ1v) is 7.60. The van der Waals surface area contributed by atoms with Crippen molar-refractivity contribution >= 4 is 0 Å². The summed E-state index contributed by atoms with van der Waals surface area (Å²) >= 11 is 0. The molecule has 1 aromatic carbocycles. The number of nitrogens with zero attached hydrogens (tertiary/aromatic N) is 3. The smallest absolute Gasteiger partial charge is 0.169 e. The van der Waals surface area contributed by atoms with Crippen molar-refractivity contribution in [3.05, 3.63) is 47.3 Å². The lowest BCUT2D eigenvalue weighted by Crippen LogP contribution is -2.46. The molecule has 1 saturated heterocycles. The minimum Gasteiger partial charge on any atom is -0.374 e. The van der Waals surface area contributed by atoms with Crippen molar-refractivity contribution in [2.75, 3.05) is 33.3 Å². The van der Waals surface area contributed by atoms with Gasteiger partial charge in [-0.25, -0.2) is 0 Å². The van der Waals surface area contributed by atoms with Crippen molar-refractivity contribution in [1.29, 1.82) is 10.5 Å². The van der Waals surface area contributed by atoms with E-state index in [-0.39, 0.29) is 11.7 Å². The molecule has 0 radical (unpaired) electrons. The maximum atomic E-state index is 8.92. The zero-order valence-electron chi connectivity index (χ0n) is 13.2. The molecule has 0 aromatic heterocycles. The summed E-state index contributed by atoms with van der Waals surface area (Å²) in [6, 6.07) is 14.1. The van der Waals surface area contributed by atoms with Crippen LogP contribution in [0.4, 0.5) is 0 Å². The lowest BCUT2D eigenvalue weighted by molar-refractivity contribution is -0.0290. The van der Waals surface area contributed by atoms with Crippen molar-refractivity contribution < 1.29 is 4.74 Å². The Morgan fingerprint density at radius 2 is 2.04 bits per heavy atom. The largest absolute Gasteiger partial charge is 0.374 e. The number of rotatable bonds is 6. The molecule has 1 aliphatic heterocycles. The quantitative estimate of drug-likeness (QED) is 0.761. The summed E-state index contributed by atoms with van der Waals surface area (Å²) in [6.45, 7) is 3.85. The topological polar surface area (TPSA) is 84.1 Å². The van der Waals surface area contributed by atoms with Gasteiger partial charge in [0.1, 0.15) is 18.0 Å². The lowest BCUT2D eigenvalue weighted by atomic mass is 10.2. The summed E-state index contributed by atoms with van der Waals surface area (Å²) in [4.78, 5) is 2.35. The predicted molar refractivity (Wildman–Crippen MR) is 86.8 cm³/mol. The highest BCUT2D eigenvalue weighted by molar-refractivity contribution is 5.38. The van der Waals surface area contributed by atoms with Crippen LogP contribution in [0.1, 0.15) is 5.56 Å². The van der Waals surface area contributed by atoms with Gasteiger partial charge in [-0.2, -0.15) is 10.5 Å². The van der Waals surface area contributed by atoms with Gasteiger partial charge in [-0.15, -0.1) is 0 Å². The van der Waals surface area contributed by atoms with Crippen LogP contribution in [-0.4, -0.2) is 44.3 Å². The lowest BCUT2D eigenvalue weighted by Gasteiger charge is -2.33. The minimum atomic E-state index is 0.0226. The highest BCUT2D eigenvalue weighted by Crippen LogP contribution is 2.10. The van der Waals surface area contributed by atoms with Gasteiger partial charge in [0.2, 0.25) is 0 Å². The average molecular weight is 311 g/mol. The Hall–Kier alpha value is -2.54. The maximum Gasteiger partial charge on any atom is 0.169 e. The van der Waals surface area contributed by atoms with Gasteiger partial charge in [-0.05, 0) is 5.56 Å². The Labute approximate surface area is 137 Å². The van der Waals surface area contributed by atoms with Crippen molar-refractivity contribution in [1.82, 2.24) is 15.5 Å². The van der Waals surface area contributed by atoms with Crippen LogP contribution in [0.15, 0.2) is 41.7 Å². The van der Waals surface area contributed by atoms with Crippen molar-refractivity contribution in [2.45, 2.75) is 12.6 Å². The highest BCUT2D eigenvalue weighted by atomic mass is 16.5. The second-order valence-electron chi connectivity index (χ2n) is 5.32. The fourth-order valence-corrected chi connectivity index (χ4v) is 2.54. The number of ether oxygens (including phenoxy) is 1. The molecule has 23 heavy (non-hydrogen) atoms. The van der Waals surface area contributed by atoms with Crippen LogP contribution in [0.25, 0.3) is 0 Å². The van der Waals surface area contributed by atoms with Gasteiger partial charge in [0.15, 0.2) is 5.57 Å².